The maximum absolute atomic E-state index is 12.3. The molecule has 0 saturated carbocycles. The predicted octanol–water partition coefficient (Wildman–Crippen LogP) is 5.39. The Balaban J connectivity index is 1.65. The van der Waals surface area contributed by atoms with Crippen molar-refractivity contribution < 1.29 is 9.53 Å². The minimum atomic E-state index is -0.119. The number of nitrogens with one attached hydrogen (secondary N) is 1. The van der Waals surface area contributed by atoms with Crippen LogP contribution < -0.4 is 10.1 Å². The summed E-state index contributed by atoms with van der Waals surface area (Å²) in [6.45, 7) is 6.36. The number of thioether (sulfide) groups is 1. The summed E-state index contributed by atoms with van der Waals surface area (Å²) in [7, 11) is 0. The zero-order valence-electron chi connectivity index (χ0n) is 16.3. The second-order valence-corrected chi connectivity index (χ2v) is 8.10. The predicted molar refractivity (Wildman–Crippen MR) is 122 cm³/mol. The number of benzene rings is 2. The molecule has 3 rings (SSSR count). The minimum absolute atomic E-state index is 0.119. The van der Waals surface area contributed by atoms with Crippen LogP contribution in [0.1, 0.15) is 11.4 Å². The Morgan fingerprint density at radius 3 is 2.83 bits per heavy atom. The van der Waals surface area contributed by atoms with Gasteiger partial charge in [0.1, 0.15) is 12.4 Å². The number of hydrogen-bond donors (Lipinski definition) is 1. The molecule has 0 radical (unpaired) electrons. The van der Waals surface area contributed by atoms with Crippen molar-refractivity contribution in [3.8, 4) is 5.75 Å². The molecule has 30 heavy (non-hydrogen) atoms. The van der Waals surface area contributed by atoms with Crippen LogP contribution in [0.25, 0.3) is 0 Å². The summed E-state index contributed by atoms with van der Waals surface area (Å²) in [6.07, 6.45) is 1.73. The molecule has 2 aromatic carbocycles. The molecular weight excluding hydrogens is 443 g/mol. The number of allylic oxidation sites excluding steroid dienone is 1. The lowest BCUT2D eigenvalue weighted by molar-refractivity contribution is -0.113. The van der Waals surface area contributed by atoms with E-state index in [0.29, 0.717) is 33.3 Å². The molecule has 6 nitrogen and oxygen atoms in total. The first-order valence-electron chi connectivity index (χ1n) is 9.07. The standard InChI is InChI=1S/C21H20Cl2N4O2S/c1-3-10-27-19(12-29-18-11-15(22)8-9-16(18)23)25-26-21(27)30-13-20(28)24-17-7-5-4-6-14(17)2/h3-9,11H,1,10,12-13H2,2H3,(H,24,28). The van der Waals surface area contributed by atoms with Crippen molar-refractivity contribution in [1.82, 2.24) is 14.8 Å². The number of carbonyl (C=O) groups excluding carboxylic acids is 1. The van der Waals surface area contributed by atoms with E-state index in [2.05, 4.69) is 22.1 Å². The molecule has 0 bridgehead atoms. The van der Waals surface area contributed by atoms with E-state index in [1.165, 1.54) is 11.8 Å². The Bertz CT molecular complexity index is 1060. The summed E-state index contributed by atoms with van der Waals surface area (Å²) in [5, 5.41) is 12.9. The second kappa shape index (κ2) is 10.5. The molecule has 0 aliphatic rings. The average Bonchev–Trinajstić information content (AvgIpc) is 3.11. The van der Waals surface area contributed by atoms with Gasteiger partial charge in [0.25, 0.3) is 0 Å². The third-order valence-electron chi connectivity index (χ3n) is 4.11. The van der Waals surface area contributed by atoms with Gasteiger partial charge in [-0.25, -0.2) is 0 Å². The Morgan fingerprint density at radius 2 is 2.07 bits per heavy atom. The number of halogens is 2. The van der Waals surface area contributed by atoms with E-state index in [0.717, 1.165) is 11.3 Å². The average molecular weight is 463 g/mol. The minimum Gasteiger partial charge on any atom is -0.484 e. The van der Waals surface area contributed by atoms with E-state index in [1.807, 2.05) is 35.8 Å². The highest BCUT2D eigenvalue weighted by Gasteiger charge is 2.15. The molecule has 1 amide bonds. The maximum atomic E-state index is 12.3. The van der Waals surface area contributed by atoms with Gasteiger partial charge >= 0.3 is 0 Å². The van der Waals surface area contributed by atoms with Gasteiger partial charge < -0.3 is 10.1 Å². The number of anilines is 1. The normalized spacial score (nSPS) is 10.6. The van der Waals surface area contributed by atoms with Gasteiger partial charge in [0.15, 0.2) is 11.0 Å². The molecule has 0 spiro atoms. The number of carbonyl (C=O) groups is 1. The van der Waals surface area contributed by atoms with E-state index >= 15 is 0 Å². The molecular formula is C21H20Cl2N4O2S. The van der Waals surface area contributed by atoms with Crippen molar-refractivity contribution in [1.29, 1.82) is 0 Å². The van der Waals surface area contributed by atoms with Crippen LogP contribution in [0.4, 0.5) is 5.69 Å². The molecule has 0 unspecified atom stereocenters. The number of para-hydroxylation sites is 1. The Labute approximate surface area is 189 Å². The number of ether oxygens (including phenoxy) is 1. The van der Waals surface area contributed by atoms with Crippen molar-refractivity contribution in [2.75, 3.05) is 11.1 Å². The van der Waals surface area contributed by atoms with Gasteiger partial charge in [-0.3, -0.25) is 9.36 Å². The summed E-state index contributed by atoms with van der Waals surface area (Å²) in [6, 6.07) is 12.6. The third-order valence-corrected chi connectivity index (χ3v) is 5.62. The molecule has 1 N–H and O–H groups in total. The molecule has 1 heterocycles. The van der Waals surface area contributed by atoms with Crippen molar-refractivity contribution >= 4 is 46.6 Å². The highest BCUT2D eigenvalue weighted by Crippen LogP contribution is 2.28. The van der Waals surface area contributed by atoms with Crippen molar-refractivity contribution in [2.24, 2.45) is 0 Å². The van der Waals surface area contributed by atoms with Gasteiger partial charge in [0.2, 0.25) is 5.91 Å². The van der Waals surface area contributed by atoms with Crippen molar-refractivity contribution in [2.45, 2.75) is 25.2 Å². The van der Waals surface area contributed by atoms with E-state index in [1.54, 1.807) is 24.3 Å². The summed E-state index contributed by atoms with van der Waals surface area (Å²) in [5.74, 6) is 1.13. The Hall–Kier alpha value is -2.48. The van der Waals surface area contributed by atoms with Gasteiger partial charge in [-0.15, -0.1) is 16.8 Å². The lowest BCUT2D eigenvalue weighted by Gasteiger charge is -2.11. The SMILES string of the molecule is C=CCn1c(COc2cc(Cl)ccc2Cl)nnc1SCC(=O)Nc1ccccc1C. The van der Waals surface area contributed by atoms with Crippen LogP contribution in [0.2, 0.25) is 10.0 Å². The van der Waals surface area contributed by atoms with Gasteiger partial charge in [0, 0.05) is 23.3 Å². The molecule has 0 aliphatic carbocycles. The first-order valence-corrected chi connectivity index (χ1v) is 10.8. The smallest absolute Gasteiger partial charge is 0.234 e. The lowest BCUT2D eigenvalue weighted by Crippen LogP contribution is -2.15. The zero-order valence-corrected chi connectivity index (χ0v) is 18.6. The number of rotatable bonds is 9. The Kier molecular flexibility index (Phi) is 7.79. The van der Waals surface area contributed by atoms with Crippen LogP contribution in [0.5, 0.6) is 5.75 Å². The van der Waals surface area contributed by atoms with Gasteiger partial charge in [-0.05, 0) is 30.7 Å². The van der Waals surface area contributed by atoms with Crippen LogP contribution in [0, 0.1) is 6.92 Å². The second-order valence-electron chi connectivity index (χ2n) is 6.31. The quantitative estimate of drug-likeness (QED) is 0.341. The fraction of sp³-hybridized carbons (Fsp3) is 0.190. The molecule has 0 fully saturated rings. The number of aromatic nitrogens is 3. The summed E-state index contributed by atoms with van der Waals surface area (Å²) < 4.78 is 7.60. The van der Waals surface area contributed by atoms with Gasteiger partial charge in [-0.2, -0.15) is 0 Å². The molecule has 9 heteroatoms. The number of nitrogens with zero attached hydrogens (tertiary/aromatic N) is 3. The molecule has 0 aliphatic heterocycles. The van der Waals surface area contributed by atoms with Crippen LogP contribution in [-0.4, -0.2) is 26.4 Å². The number of amides is 1. The summed E-state index contributed by atoms with van der Waals surface area (Å²) in [4.78, 5) is 12.3. The van der Waals surface area contributed by atoms with Crippen molar-refractivity contribution in [3.63, 3.8) is 0 Å². The maximum Gasteiger partial charge on any atom is 0.234 e. The fourth-order valence-corrected chi connectivity index (χ4v) is 3.71. The zero-order chi connectivity index (χ0) is 21.5. The first-order chi connectivity index (χ1) is 14.5. The molecule has 1 aromatic heterocycles. The molecule has 0 saturated heterocycles. The highest BCUT2D eigenvalue weighted by molar-refractivity contribution is 7.99. The number of hydrogen-bond acceptors (Lipinski definition) is 5. The van der Waals surface area contributed by atoms with Crippen LogP contribution >= 0.6 is 35.0 Å². The van der Waals surface area contributed by atoms with Gasteiger partial charge in [-0.1, -0.05) is 59.2 Å². The van der Waals surface area contributed by atoms with E-state index in [-0.39, 0.29) is 18.3 Å². The van der Waals surface area contributed by atoms with E-state index in [4.69, 9.17) is 27.9 Å². The topological polar surface area (TPSA) is 69.0 Å². The summed E-state index contributed by atoms with van der Waals surface area (Å²) >= 11 is 13.4. The number of aryl methyl sites for hydroxylation is 1. The third kappa shape index (κ3) is 5.78. The van der Waals surface area contributed by atoms with Crippen LogP contribution in [0.15, 0.2) is 60.3 Å². The highest BCUT2D eigenvalue weighted by atomic mass is 35.5. The largest absolute Gasteiger partial charge is 0.484 e. The Morgan fingerprint density at radius 1 is 1.27 bits per heavy atom. The van der Waals surface area contributed by atoms with E-state index < -0.39 is 0 Å². The first kappa shape index (κ1) is 22.2. The molecule has 156 valence electrons. The lowest BCUT2D eigenvalue weighted by atomic mass is 10.2. The monoisotopic (exact) mass is 462 g/mol. The fourth-order valence-electron chi connectivity index (χ4n) is 2.60. The van der Waals surface area contributed by atoms with E-state index in [9.17, 15) is 4.79 Å². The molecule has 3 aromatic rings. The van der Waals surface area contributed by atoms with Crippen LogP contribution in [-0.2, 0) is 17.9 Å². The van der Waals surface area contributed by atoms with Crippen molar-refractivity contribution in [3.05, 3.63) is 76.6 Å². The molecule has 0 atom stereocenters. The summed E-state index contributed by atoms with van der Waals surface area (Å²) in [5.41, 5.74) is 1.80. The van der Waals surface area contributed by atoms with Crippen LogP contribution in [0.3, 0.4) is 0 Å². The van der Waals surface area contributed by atoms with Gasteiger partial charge in [0.05, 0.1) is 10.8 Å².